The number of rotatable bonds is 6. The molecule has 1 unspecified atom stereocenters. The number of hydrogen-bond acceptors (Lipinski definition) is 3. The van der Waals surface area contributed by atoms with Gasteiger partial charge in [-0.3, -0.25) is 9.59 Å². The third-order valence-corrected chi connectivity index (χ3v) is 4.27. The number of nitrogens with zero attached hydrogens (tertiary/aromatic N) is 1. The summed E-state index contributed by atoms with van der Waals surface area (Å²) >= 11 is 1.73. The number of carboxylic acids is 1. The summed E-state index contributed by atoms with van der Waals surface area (Å²) in [4.78, 5) is 24.5. The van der Waals surface area contributed by atoms with Crippen LogP contribution in [-0.4, -0.2) is 45.5 Å². The van der Waals surface area contributed by atoms with E-state index in [1.807, 2.05) is 18.7 Å². The summed E-state index contributed by atoms with van der Waals surface area (Å²) in [6, 6.07) is 0.150. The summed E-state index contributed by atoms with van der Waals surface area (Å²) in [5, 5.41) is 8.71. The van der Waals surface area contributed by atoms with Gasteiger partial charge in [-0.2, -0.15) is 0 Å². The van der Waals surface area contributed by atoms with E-state index in [0.717, 1.165) is 18.6 Å². The lowest BCUT2D eigenvalue weighted by Crippen LogP contribution is -2.42. The maximum atomic E-state index is 12.2. The molecule has 0 bridgehead atoms. The minimum absolute atomic E-state index is 0.0993. The van der Waals surface area contributed by atoms with Crippen LogP contribution < -0.4 is 0 Å². The smallest absolute Gasteiger partial charge is 0.303 e. The zero-order valence-corrected chi connectivity index (χ0v) is 11.3. The van der Waals surface area contributed by atoms with Crippen molar-refractivity contribution in [1.82, 2.24) is 4.90 Å². The summed E-state index contributed by atoms with van der Waals surface area (Å²) in [5.41, 5.74) is 0. The summed E-state index contributed by atoms with van der Waals surface area (Å²) < 4.78 is 0. The van der Waals surface area contributed by atoms with Crippen LogP contribution in [0.15, 0.2) is 0 Å². The maximum absolute atomic E-state index is 12.2. The third kappa shape index (κ3) is 4.58. The van der Waals surface area contributed by atoms with Gasteiger partial charge >= 0.3 is 5.97 Å². The summed E-state index contributed by atoms with van der Waals surface area (Å²) in [6.07, 6.45) is 2.75. The number of carboxylic acid groups (broad SMARTS) is 1. The fourth-order valence-electron chi connectivity index (χ4n) is 1.98. The van der Waals surface area contributed by atoms with Crippen LogP contribution in [0.5, 0.6) is 0 Å². The molecular weight excluding hydrogens is 238 g/mol. The highest BCUT2D eigenvalue weighted by Crippen LogP contribution is 2.28. The Labute approximate surface area is 107 Å². The number of carbonyl (C=O) groups is 2. The first kappa shape index (κ1) is 14.4. The molecule has 0 aromatic rings. The van der Waals surface area contributed by atoms with E-state index in [2.05, 4.69) is 0 Å². The maximum Gasteiger partial charge on any atom is 0.303 e. The Bertz CT molecular complexity index is 275. The van der Waals surface area contributed by atoms with Crippen LogP contribution >= 0.6 is 11.8 Å². The normalized spacial score (nSPS) is 19.6. The van der Waals surface area contributed by atoms with Gasteiger partial charge in [0.25, 0.3) is 0 Å². The van der Waals surface area contributed by atoms with E-state index in [-0.39, 0.29) is 23.6 Å². The Balaban J connectivity index is 2.46. The molecule has 4 nitrogen and oxygen atoms in total. The van der Waals surface area contributed by atoms with Crippen molar-refractivity contribution in [1.29, 1.82) is 0 Å². The number of amides is 1. The van der Waals surface area contributed by atoms with Crippen molar-refractivity contribution in [2.75, 3.05) is 12.3 Å². The third-order valence-electron chi connectivity index (χ3n) is 2.90. The van der Waals surface area contributed by atoms with Gasteiger partial charge in [-0.05, 0) is 38.9 Å². The van der Waals surface area contributed by atoms with Crippen molar-refractivity contribution in [3.63, 3.8) is 0 Å². The Hall–Kier alpha value is -0.710. The molecule has 0 aromatic heterocycles. The first-order valence-corrected chi connectivity index (χ1v) is 7.21. The molecule has 0 aromatic carbocycles. The molecule has 1 aliphatic heterocycles. The monoisotopic (exact) mass is 259 g/mol. The van der Waals surface area contributed by atoms with Gasteiger partial charge < -0.3 is 10.0 Å². The predicted octanol–water partition coefficient (Wildman–Crippen LogP) is 1.98. The van der Waals surface area contributed by atoms with Crippen LogP contribution in [0.4, 0.5) is 0 Å². The van der Waals surface area contributed by atoms with Crippen molar-refractivity contribution in [2.45, 2.75) is 50.8 Å². The van der Waals surface area contributed by atoms with Gasteiger partial charge in [0.05, 0.1) is 5.25 Å². The van der Waals surface area contributed by atoms with Crippen molar-refractivity contribution in [3.05, 3.63) is 0 Å². The van der Waals surface area contributed by atoms with Crippen LogP contribution in [0.25, 0.3) is 0 Å². The van der Waals surface area contributed by atoms with E-state index < -0.39 is 5.97 Å². The van der Waals surface area contributed by atoms with E-state index in [0.29, 0.717) is 13.0 Å². The number of carbonyl (C=O) groups excluding carboxylic acids is 1. The van der Waals surface area contributed by atoms with Gasteiger partial charge in [0.1, 0.15) is 0 Å². The SMILES string of the molecule is CC(C)N(CCCC(=O)O)C(=O)C1CCCS1. The largest absolute Gasteiger partial charge is 0.481 e. The fourth-order valence-corrected chi connectivity index (χ4v) is 3.21. The van der Waals surface area contributed by atoms with Crippen molar-refractivity contribution >= 4 is 23.6 Å². The molecule has 98 valence electrons. The van der Waals surface area contributed by atoms with E-state index >= 15 is 0 Å². The Kier molecular flexibility index (Phi) is 5.82. The number of thioether (sulfide) groups is 1. The van der Waals surface area contributed by atoms with Gasteiger partial charge in [0, 0.05) is 19.0 Å². The second kappa shape index (κ2) is 6.89. The highest BCUT2D eigenvalue weighted by atomic mass is 32.2. The molecule has 1 atom stereocenters. The molecule has 1 heterocycles. The van der Waals surface area contributed by atoms with E-state index in [1.54, 1.807) is 11.8 Å². The molecule has 0 radical (unpaired) electrons. The molecule has 0 aliphatic carbocycles. The van der Waals surface area contributed by atoms with Gasteiger partial charge in [-0.1, -0.05) is 0 Å². The van der Waals surface area contributed by atoms with Crippen LogP contribution in [0.2, 0.25) is 0 Å². The minimum Gasteiger partial charge on any atom is -0.481 e. The molecule has 17 heavy (non-hydrogen) atoms. The molecule has 0 spiro atoms. The van der Waals surface area contributed by atoms with Crippen LogP contribution in [0.3, 0.4) is 0 Å². The zero-order chi connectivity index (χ0) is 12.8. The first-order valence-electron chi connectivity index (χ1n) is 6.16. The predicted molar refractivity (Wildman–Crippen MR) is 69.2 cm³/mol. The minimum atomic E-state index is -0.795. The zero-order valence-electron chi connectivity index (χ0n) is 10.5. The highest BCUT2D eigenvalue weighted by molar-refractivity contribution is 8.00. The number of hydrogen-bond donors (Lipinski definition) is 1. The van der Waals surface area contributed by atoms with Gasteiger partial charge in [-0.15, -0.1) is 11.8 Å². The second-order valence-corrected chi connectivity index (χ2v) is 5.93. The molecule has 1 rings (SSSR count). The standard InChI is InChI=1S/C12H21NO3S/c1-9(2)13(7-3-6-11(14)15)12(16)10-5-4-8-17-10/h9-10H,3-8H2,1-2H3,(H,14,15). The van der Waals surface area contributed by atoms with E-state index in [9.17, 15) is 9.59 Å². The van der Waals surface area contributed by atoms with Crippen molar-refractivity contribution < 1.29 is 14.7 Å². The van der Waals surface area contributed by atoms with Crippen LogP contribution in [0.1, 0.15) is 39.5 Å². The molecule has 1 fully saturated rings. The molecular formula is C12H21NO3S. The Morgan fingerprint density at radius 1 is 1.47 bits per heavy atom. The van der Waals surface area contributed by atoms with Crippen LogP contribution in [-0.2, 0) is 9.59 Å². The van der Waals surface area contributed by atoms with E-state index in [1.165, 1.54) is 0 Å². The Morgan fingerprint density at radius 3 is 2.65 bits per heavy atom. The van der Waals surface area contributed by atoms with Gasteiger partial charge in [-0.25, -0.2) is 0 Å². The number of aliphatic carboxylic acids is 1. The molecule has 5 heteroatoms. The lowest BCUT2D eigenvalue weighted by atomic mass is 10.2. The molecule has 1 amide bonds. The lowest BCUT2D eigenvalue weighted by molar-refractivity contribution is -0.138. The van der Waals surface area contributed by atoms with Crippen molar-refractivity contribution in [2.24, 2.45) is 0 Å². The first-order chi connectivity index (χ1) is 8.02. The average Bonchev–Trinajstić information content (AvgIpc) is 2.75. The topological polar surface area (TPSA) is 57.6 Å². The molecule has 0 saturated carbocycles. The summed E-state index contributed by atoms with van der Waals surface area (Å²) in [6.45, 7) is 4.52. The molecule has 1 saturated heterocycles. The van der Waals surface area contributed by atoms with Gasteiger partial charge in [0.15, 0.2) is 0 Å². The lowest BCUT2D eigenvalue weighted by Gasteiger charge is -2.29. The Morgan fingerprint density at radius 2 is 2.18 bits per heavy atom. The summed E-state index contributed by atoms with van der Waals surface area (Å²) in [5.74, 6) is 0.460. The highest BCUT2D eigenvalue weighted by Gasteiger charge is 2.28. The summed E-state index contributed by atoms with van der Waals surface area (Å²) in [7, 11) is 0. The van der Waals surface area contributed by atoms with E-state index in [4.69, 9.17) is 5.11 Å². The quantitative estimate of drug-likeness (QED) is 0.792. The van der Waals surface area contributed by atoms with Crippen LogP contribution in [0, 0.1) is 0 Å². The average molecular weight is 259 g/mol. The molecule has 1 aliphatic rings. The fraction of sp³-hybridized carbons (Fsp3) is 0.833. The molecule has 1 N–H and O–H groups in total. The van der Waals surface area contributed by atoms with Crippen molar-refractivity contribution in [3.8, 4) is 0 Å². The second-order valence-electron chi connectivity index (χ2n) is 4.62. The van der Waals surface area contributed by atoms with Gasteiger partial charge in [0.2, 0.25) is 5.91 Å².